The molecule has 82 valence electrons. The van der Waals surface area contributed by atoms with E-state index in [4.69, 9.17) is 10.2 Å². The van der Waals surface area contributed by atoms with Crippen LogP contribution >= 0.6 is 0 Å². The molecule has 2 aromatic rings. The van der Waals surface area contributed by atoms with Crippen LogP contribution in [0.2, 0.25) is 0 Å². The van der Waals surface area contributed by atoms with Gasteiger partial charge >= 0.3 is 0 Å². The van der Waals surface area contributed by atoms with Gasteiger partial charge in [-0.15, -0.1) is 10.2 Å². The second-order valence-corrected chi connectivity index (χ2v) is 3.41. The van der Waals surface area contributed by atoms with Gasteiger partial charge in [0.2, 0.25) is 11.8 Å². The maximum Gasteiger partial charge on any atom is 0.245 e. The van der Waals surface area contributed by atoms with Gasteiger partial charge in [0.25, 0.3) is 0 Å². The van der Waals surface area contributed by atoms with Gasteiger partial charge in [-0.05, 0) is 11.6 Å². The minimum atomic E-state index is 0.372. The van der Waals surface area contributed by atoms with Crippen LogP contribution in [0.4, 0.5) is 0 Å². The number of aryl methyl sites for hydroxylation is 1. The Labute approximate surface area is 93.8 Å². The van der Waals surface area contributed by atoms with Gasteiger partial charge in [-0.3, -0.25) is 0 Å². The van der Waals surface area contributed by atoms with Crippen molar-refractivity contribution >= 4 is 11.6 Å². The average Bonchev–Trinajstić information content (AvgIpc) is 2.74. The zero-order valence-corrected chi connectivity index (χ0v) is 9.05. The van der Waals surface area contributed by atoms with Crippen molar-refractivity contribution in [3.05, 3.63) is 47.7 Å². The molecule has 1 aromatic heterocycles. The zero-order valence-electron chi connectivity index (χ0n) is 9.05. The second-order valence-electron chi connectivity index (χ2n) is 3.41. The van der Waals surface area contributed by atoms with Crippen molar-refractivity contribution in [1.82, 2.24) is 10.2 Å². The van der Waals surface area contributed by atoms with E-state index in [1.807, 2.05) is 36.4 Å². The first kappa shape index (κ1) is 10.6. The Hall–Kier alpha value is -1.94. The Balaban J connectivity index is 2.33. The van der Waals surface area contributed by atoms with E-state index in [-0.39, 0.29) is 0 Å². The molecule has 16 heavy (non-hydrogen) atoms. The lowest BCUT2D eigenvalue weighted by Gasteiger charge is -1.98. The van der Waals surface area contributed by atoms with Gasteiger partial charge in [0.1, 0.15) is 0 Å². The first-order valence-electron chi connectivity index (χ1n) is 5.06. The zero-order chi connectivity index (χ0) is 11.4. The molecule has 4 nitrogen and oxygen atoms in total. The molecule has 0 atom stereocenters. The summed E-state index contributed by atoms with van der Waals surface area (Å²) in [6.07, 6.45) is 1.95. The van der Waals surface area contributed by atoms with Crippen molar-refractivity contribution in [3.8, 4) is 0 Å². The van der Waals surface area contributed by atoms with Crippen molar-refractivity contribution < 1.29 is 4.42 Å². The molecule has 0 saturated heterocycles. The molecule has 0 fully saturated rings. The number of rotatable bonds is 3. The summed E-state index contributed by atoms with van der Waals surface area (Å²) >= 11 is 0. The highest BCUT2D eigenvalue weighted by atomic mass is 16.4. The molecule has 4 heteroatoms. The molecule has 0 aliphatic carbocycles. The van der Waals surface area contributed by atoms with Crippen LogP contribution in [0, 0.1) is 6.92 Å². The van der Waals surface area contributed by atoms with E-state index in [1.54, 1.807) is 6.92 Å². The molecular formula is C12H13N3O. The average molecular weight is 215 g/mol. The molecule has 1 heterocycles. The predicted octanol–water partition coefficient (Wildman–Crippen LogP) is 1.88. The van der Waals surface area contributed by atoms with E-state index in [1.165, 1.54) is 0 Å². The summed E-state index contributed by atoms with van der Waals surface area (Å²) in [4.78, 5) is 0. The molecule has 0 saturated carbocycles. The van der Waals surface area contributed by atoms with Crippen LogP contribution in [0.1, 0.15) is 17.3 Å². The van der Waals surface area contributed by atoms with Gasteiger partial charge in [-0.1, -0.05) is 30.3 Å². The number of aromatic nitrogens is 2. The summed E-state index contributed by atoms with van der Waals surface area (Å²) < 4.78 is 5.34. The third-order valence-corrected chi connectivity index (χ3v) is 2.16. The molecule has 1 aromatic carbocycles. The third kappa shape index (κ3) is 2.35. The molecule has 0 aliphatic rings. The lowest BCUT2D eigenvalue weighted by Crippen LogP contribution is -2.02. The highest BCUT2D eigenvalue weighted by Crippen LogP contribution is 2.15. The Bertz CT molecular complexity index is 488. The molecule has 0 radical (unpaired) electrons. The quantitative estimate of drug-likeness (QED) is 0.849. The Morgan fingerprint density at radius 1 is 1.31 bits per heavy atom. The van der Waals surface area contributed by atoms with Crippen molar-refractivity contribution in [2.45, 2.75) is 6.92 Å². The molecule has 2 rings (SSSR count). The smallest absolute Gasteiger partial charge is 0.245 e. The summed E-state index contributed by atoms with van der Waals surface area (Å²) in [5, 5.41) is 7.73. The Kier molecular flexibility index (Phi) is 3.12. The first-order valence-corrected chi connectivity index (χ1v) is 5.06. The minimum absolute atomic E-state index is 0.372. The summed E-state index contributed by atoms with van der Waals surface area (Å²) in [7, 11) is 0. The number of nitrogens with zero attached hydrogens (tertiary/aromatic N) is 2. The van der Waals surface area contributed by atoms with Crippen molar-refractivity contribution in [3.63, 3.8) is 0 Å². The summed E-state index contributed by atoms with van der Waals surface area (Å²) in [5.41, 5.74) is 7.57. The van der Waals surface area contributed by atoms with Crippen molar-refractivity contribution in [2.24, 2.45) is 5.73 Å². The van der Waals surface area contributed by atoms with E-state index in [0.29, 0.717) is 18.3 Å². The summed E-state index contributed by atoms with van der Waals surface area (Å²) in [5.74, 6) is 1.03. The summed E-state index contributed by atoms with van der Waals surface area (Å²) in [6.45, 7) is 2.13. The van der Waals surface area contributed by atoms with Gasteiger partial charge in [0.05, 0.1) is 0 Å². The number of benzene rings is 1. The molecule has 0 amide bonds. The highest BCUT2D eigenvalue weighted by Gasteiger charge is 2.07. The number of hydrogen-bond donors (Lipinski definition) is 1. The topological polar surface area (TPSA) is 64.9 Å². The van der Waals surface area contributed by atoms with Crippen LogP contribution in [-0.4, -0.2) is 16.7 Å². The van der Waals surface area contributed by atoms with Gasteiger partial charge in [-0.25, -0.2) is 0 Å². The standard InChI is InChI=1S/C12H13N3O/c1-9-14-15-12(16-9)11(8-13)7-10-5-3-2-4-6-10/h2-7H,8,13H2,1H3/b11-7+. The van der Waals surface area contributed by atoms with Gasteiger partial charge in [0, 0.05) is 19.0 Å². The lowest BCUT2D eigenvalue weighted by atomic mass is 10.1. The number of nitrogens with two attached hydrogens (primary N) is 1. The van der Waals surface area contributed by atoms with Gasteiger partial charge in [-0.2, -0.15) is 0 Å². The molecule has 2 N–H and O–H groups in total. The molecule has 0 unspecified atom stereocenters. The van der Waals surface area contributed by atoms with Crippen LogP contribution in [0.5, 0.6) is 0 Å². The fraction of sp³-hybridized carbons (Fsp3) is 0.167. The Morgan fingerprint density at radius 3 is 2.62 bits per heavy atom. The third-order valence-electron chi connectivity index (χ3n) is 2.16. The van der Waals surface area contributed by atoms with Gasteiger partial charge in [0.15, 0.2) is 0 Å². The molecular weight excluding hydrogens is 202 g/mol. The largest absolute Gasteiger partial charge is 0.421 e. The predicted molar refractivity (Wildman–Crippen MR) is 62.4 cm³/mol. The van der Waals surface area contributed by atoms with Crippen LogP contribution in [0.25, 0.3) is 11.6 Å². The van der Waals surface area contributed by atoms with E-state index < -0.39 is 0 Å². The Morgan fingerprint density at radius 2 is 2.06 bits per heavy atom. The van der Waals surface area contributed by atoms with Crippen molar-refractivity contribution in [1.29, 1.82) is 0 Å². The maximum atomic E-state index is 5.67. The van der Waals surface area contributed by atoms with Crippen LogP contribution < -0.4 is 5.73 Å². The highest BCUT2D eigenvalue weighted by molar-refractivity contribution is 5.78. The molecule has 0 spiro atoms. The van der Waals surface area contributed by atoms with Crippen LogP contribution in [0.15, 0.2) is 34.7 Å². The van der Waals surface area contributed by atoms with Crippen LogP contribution in [0.3, 0.4) is 0 Å². The SMILES string of the molecule is Cc1nnc(/C(=C/c2ccccc2)CN)o1. The molecule has 0 bridgehead atoms. The van der Waals surface area contributed by atoms with Gasteiger partial charge < -0.3 is 10.2 Å². The van der Waals surface area contributed by atoms with Crippen LogP contribution in [-0.2, 0) is 0 Å². The van der Waals surface area contributed by atoms with E-state index in [9.17, 15) is 0 Å². The van der Waals surface area contributed by atoms with E-state index in [0.717, 1.165) is 11.1 Å². The normalized spacial score (nSPS) is 11.8. The number of hydrogen-bond acceptors (Lipinski definition) is 4. The summed E-state index contributed by atoms with van der Waals surface area (Å²) in [6, 6.07) is 9.91. The second kappa shape index (κ2) is 4.72. The monoisotopic (exact) mass is 215 g/mol. The van der Waals surface area contributed by atoms with E-state index >= 15 is 0 Å². The van der Waals surface area contributed by atoms with E-state index in [2.05, 4.69) is 10.2 Å². The van der Waals surface area contributed by atoms with Crippen molar-refractivity contribution in [2.75, 3.05) is 6.54 Å². The fourth-order valence-corrected chi connectivity index (χ4v) is 1.38. The maximum absolute atomic E-state index is 5.67. The lowest BCUT2D eigenvalue weighted by molar-refractivity contribution is 0.505. The minimum Gasteiger partial charge on any atom is -0.421 e. The fourth-order valence-electron chi connectivity index (χ4n) is 1.38. The molecule has 0 aliphatic heterocycles. The first-order chi connectivity index (χ1) is 7.79.